The van der Waals surface area contributed by atoms with Crippen LogP contribution in [-0.2, 0) is 4.74 Å². The van der Waals surface area contributed by atoms with E-state index in [1.807, 2.05) is 0 Å². The van der Waals surface area contributed by atoms with Gasteiger partial charge in [0.05, 0.1) is 11.7 Å². The smallest absolute Gasteiger partial charge is 0.0812 e. The van der Waals surface area contributed by atoms with Gasteiger partial charge in [0.15, 0.2) is 0 Å². The fourth-order valence-electron chi connectivity index (χ4n) is 2.94. The number of ether oxygens (including phenoxy) is 1. The summed E-state index contributed by atoms with van der Waals surface area (Å²) in [5.74, 6) is 1.41. The molecule has 0 aromatic heterocycles. The summed E-state index contributed by atoms with van der Waals surface area (Å²) in [6.07, 6.45) is 6.70. The second-order valence-electron chi connectivity index (χ2n) is 6.63. The molecule has 0 aromatic rings. The Labute approximate surface area is 114 Å². The fourth-order valence-corrected chi connectivity index (χ4v) is 2.94. The van der Waals surface area contributed by atoms with Crippen LogP contribution in [-0.4, -0.2) is 24.8 Å². The van der Waals surface area contributed by atoms with Crippen LogP contribution in [0.3, 0.4) is 0 Å². The molecule has 1 aliphatic rings. The van der Waals surface area contributed by atoms with Crippen molar-refractivity contribution in [1.82, 2.24) is 5.32 Å². The summed E-state index contributed by atoms with van der Waals surface area (Å²) in [6.45, 7) is 13.5. The molecule has 0 radical (unpaired) electrons. The van der Waals surface area contributed by atoms with Gasteiger partial charge in [-0.2, -0.15) is 0 Å². The van der Waals surface area contributed by atoms with Crippen LogP contribution in [0.1, 0.15) is 66.7 Å². The normalized spacial score (nSPS) is 30.7. The van der Waals surface area contributed by atoms with Crippen molar-refractivity contribution in [3.63, 3.8) is 0 Å². The van der Waals surface area contributed by atoms with E-state index in [9.17, 15) is 0 Å². The average Bonchev–Trinajstić information content (AvgIpc) is 2.29. The van der Waals surface area contributed by atoms with Crippen LogP contribution in [0.25, 0.3) is 0 Å². The highest BCUT2D eigenvalue weighted by atomic mass is 16.5. The Morgan fingerprint density at radius 2 is 2.06 bits per heavy atom. The average molecular weight is 255 g/mol. The standard InChI is InChI=1S/C16H33NO/c1-6-10-17-12-16(18-15(5)13(2)3)9-7-8-14(4)11-16/h13-15,17H,6-12H2,1-5H3. The van der Waals surface area contributed by atoms with Gasteiger partial charge in [-0.1, -0.05) is 40.5 Å². The summed E-state index contributed by atoms with van der Waals surface area (Å²) < 4.78 is 6.49. The van der Waals surface area contributed by atoms with E-state index in [1.165, 1.54) is 32.1 Å². The van der Waals surface area contributed by atoms with Gasteiger partial charge in [-0.05, 0) is 44.6 Å². The number of hydrogen-bond donors (Lipinski definition) is 1. The topological polar surface area (TPSA) is 21.3 Å². The zero-order chi connectivity index (χ0) is 13.6. The van der Waals surface area contributed by atoms with Crippen molar-refractivity contribution in [1.29, 1.82) is 0 Å². The molecule has 0 spiro atoms. The van der Waals surface area contributed by atoms with Crippen LogP contribution < -0.4 is 5.32 Å². The number of hydrogen-bond acceptors (Lipinski definition) is 2. The molecule has 0 saturated heterocycles. The summed E-state index contributed by atoms with van der Waals surface area (Å²) in [5.41, 5.74) is 0.0938. The van der Waals surface area contributed by atoms with Gasteiger partial charge in [0.1, 0.15) is 0 Å². The lowest BCUT2D eigenvalue weighted by Gasteiger charge is -2.43. The molecule has 0 bridgehead atoms. The highest BCUT2D eigenvalue weighted by Crippen LogP contribution is 2.36. The molecule has 1 saturated carbocycles. The Morgan fingerprint density at radius 3 is 2.61 bits per heavy atom. The minimum Gasteiger partial charge on any atom is -0.370 e. The Balaban J connectivity index is 2.60. The maximum Gasteiger partial charge on any atom is 0.0812 e. The molecule has 3 atom stereocenters. The highest BCUT2D eigenvalue weighted by molar-refractivity contribution is 4.90. The van der Waals surface area contributed by atoms with Crippen molar-refractivity contribution in [2.75, 3.05) is 13.1 Å². The van der Waals surface area contributed by atoms with E-state index in [2.05, 4.69) is 39.9 Å². The zero-order valence-electron chi connectivity index (χ0n) is 13.1. The van der Waals surface area contributed by atoms with E-state index in [1.54, 1.807) is 0 Å². The summed E-state index contributed by atoms with van der Waals surface area (Å²) >= 11 is 0. The van der Waals surface area contributed by atoms with Crippen molar-refractivity contribution in [2.45, 2.75) is 78.4 Å². The SMILES string of the molecule is CCCNCC1(OC(C)C(C)C)CCCC(C)C1. The molecule has 1 aliphatic carbocycles. The molecule has 0 aromatic carbocycles. The maximum atomic E-state index is 6.49. The lowest BCUT2D eigenvalue weighted by molar-refractivity contribution is -0.127. The molecule has 1 N–H and O–H groups in total. The Morgan fingerprint density at radius 1 is 1.33 bits per heavy atom. The lowest BCUT2D eigenvalue weighted by atomic mass is 9.78. The highest BCUT2D eigenvalue weighted by Gasteiger charge is 2.37. The van der Waals surface area contributed by atoms with Crippen LogP contribution in [0.15, 0.2) is 0 Å². The molecule has 18 heavy (non-hydrogen) atoms. The van der Waals surface area contributed by atoms with E-state index >= 15 is 0 Å². The van der Waals surface area contributed by atoms with E-state index in [0.717, 1.165) is 19.0 Å². The predicted octanol–water partition coefficient (Wildman–Crippen LogP) is 4.00. The molecule has 2 nitrogen and oxygen atoms in total. The molecule has 1 rings (SSSR count). The Kier molecular flexibility index (Phi) is 6.65. The molecule has 1 fully saturated rings. The quantitative estimate of drug-likeness (QED) is 0.694. The van der Waals surface area contributed by atoms with E-state index in [-0.39, 0.29) is 5.60 Å². The first-order valence-electron chi connectivity index (χ1n) is 7.87. The minimum atomic E-state index is 0.0938. The van der Waals surface area contributed by atoms with Crippen molar-refractivity contribution in [3.8, 4) is 0 Å². The molecule has 3 unspecified atom stereocenters. The van der Waals surface area contributed by atoms with Gasteiger partial charge in [-0.15, -0.1) is 0 Å². The molecule has 0 heterocycles. The second-order valence-corrected chi connectivity index (χ2v) is 6.63. The van der Waals surface area contributed by atoms with Gasteiger partial charge in [0, 0.05) is 6.54 Å². The van der Waals surface area contributed by atoms with Gasteiger partial charge in [0.2, 0.25) is 0 Å². The van der Waals surface area contributed by atoms with Crippen molar-refractivity contribution >= 4 is 0 Å². The molecule has 0 amide bonds. The molecule has 108 valence electrons. The van der Waals surface area contributed by atoms with Crippen LogP contribution in [0.4, 0.5) is 0 Å². The third-order valence-corrected chi connectivity index (χ3v) is 4.30. The van der Waals surface area contributed by atoms with E-state index in [4.69, 9.17) is 4.74 Å². The monoisotopic (exact) mass is 255 g/mol. The first kappa shape index (κ1) is 16.0. The van der Waals surface area contributed by atoms with Crippen molar-refractivity contribution in [2.24, 2.45) is 11.8 Å². The van der Waals surface area contributed by atoms with Gasteiger partial charge in [-0.3, -0.25) is 0 Å². The summed E-state index contributed by atoms with van der Waals surface area (Å²) in [5, 5.41) is 3.59. The van der Waals surface area contributed by atoms with Crippen LogP contribution in [0, 0.1) is 11.8 Å². The first-order valence-corrected chi connectivity index (χ1v) is 7.87. The van der Waals surface area contributed by atoms with Gasteiger partial charge in [-0.25, -0.2) is 0 Å². The van der Waals surface area contributed by atoms with Gasteiger partial charge >= 0.3 is 0 Å². The molecule has 0 aliphatic heterocycles. The summed E-state index contributed by atoms with van der Waals surface area (Å²) in [7, 11) is 0. The first-order chi connectivity index (χ1) is 8.49. The number of rotatable bonds is 7. The van der Waals surface area contributed by atoms with Gasteiger partial charge in [0.25, 0.3) is 0 Å². The van der Waals surface area contributed by atoms with Crippen LogP contribution >= 0.6 is 0 Å². The summed E-state index contributed by atoms with van der Waals surface area (Å²) in [6, 6.07) is 0. The zero-order valence-corrected chi connectivity index (χ0v) is 13.1. The third kappa shape index (κ3) is 4.89. The second kappa shape index (κ2) is 7.49. The molecular weight excluding hydrogens is 222 g/mol. The predicted molar refractivity (Wildman–Crippen MR) is 78.9 cm³/mol. The van der Waals surface area contributed by atoms with Crippen LogP contribution in [0.5, 0.6) is 0 Å². The molecular formula is C16H33NO. The third-order valence-electron chi connectivity index (χ3n) is 4.30. The van der Waals surface area contributed by atoms with Crippen LogP contribution in [0.2, 0.25) is 0 Å². The Hall–Kier alpha value is -0.0800. The van der Waals surface area contributed by atoms with Crippen molar-refractivity contribution in [3.05, 3.63) is 0 Å². The Bertz CT molecular complexity index is 229. The molecule has 2 heteroatoms. The largest absolute Gasteiger partial charge is 0.370 e. The number of nitrogens with one attached hydrogen (secondary N) is 1. The van der Waals surface area contributed by atoms with E-state index in [0.29, 0.717) is 12.0 Å². The van der Waals surface area contributed by atoms with E-state index < -0.39 is 0 Å². The summed E-state index contributed by atoms with van der Waals surface area (Å²) in [4.78, 5) is 0. The fraction of sp³-hybridized carbons (Fsp3) is 1.00. The maximum absolute atomic E-state index is 6.49. The van der Waals surface area contributed by atoms with Crippen molar-refractivity contribution < 1.29 is 4.74 Å². The van der Waals surface area contributed by atoms with Gasteiger partial charge < -0.3 is 10.1 Å². The minimum absolute atomic E-state index is 0.0938. The lowest BCUT2D eigenvalue weighted by Crippen LogP contribution is -2.49.